The number of pyridine rings is 1. The molecule has 45 heavy (non-hydrogen) atoms. The summed E-state index contributed by atoms with van der Waals surface area (Å²) in [6, 6.07) is 20.0. The first-order chi connectivity index (χ1) is 21.5. The van der Waals surface area contributed by atoms with Crippen molar-refractivity contribution in [2.24, 2.45) is 0 Å². The van der Waals surface area contributed by atoms with E-state index in [0.29, 0.717) is 44.0 Å². The van der Waals surface area contributed by atoms with E-state index in [4.69, 9.17) is 4.98 Å². The number of fused-ring (bicyclic) bond motifs is 1. The molecule has 1 saturated heterocycles. The van der Waals surface area contributed by atoms with E-state index in [2.05, 4.69) is 41.0 Å². The molecule has 2 aliphatic heterocycles. The van der Waals surface area contributed by atoms with E-state index in [1.165, 1.54) is 5.56 Å². The van der Waals surface area contributed by atoms with E-state index in [1.54, 1.807) is 0 Å². The highest BCUT2D eigenvalue weighted by atomic mass is 32.2. The monoisotopic (exact) mass is 627 g/mol. The molecule has 0 unspecified atom stereocenters. The molecule has 238 valence electrons. The van der Waals surface area contributed by atoms with E-state index < -0.39 is 15.7 Å². The number of nitrogens with zero attached hydrogens (tertiary/aromatic N) is 5. The van der Waals surface area contributed by atoms with E-state index in [-0.39, 0.29) is 18.6 Å². The Bertz CT molecular complexity index is 1580. The fraction of sp³-hybridized carbons (Fsp3) is 0.444. The highest BCUT2D eigenvalue weighted by molar-refractivity contribution is 7.84. The molecule has 9 heteroatoms. The van der Waals surface area contributed by atoms with Gasteiger partial charge in [-0.05, 0) is 70.6 Å². The molecule has 0 aliphatic carbocycles. The fourth-order valence-corrected chi connectivity index (χ4v) is 7.36. The Kier molecular flexibility index (Phi) is 10.5. The highest BCUT2D eigenvalue weighted by Crippen LogP contribution is 2.44. The third-order valence-corrected chi connectivity index (χ3v) is 10.0. The Balaban J connectivity index is 1.49. The minimum atomic E-state index is -1.32. The molecule has 1 fully saturated rings. The number of aromatic nitrogens is 1. The van der Waals surface area contributed by atoms with Crippen molar-refractivity contribution in [3.63, 3.8) is 0 Å². The lowest BCUT2D eigenvalue weighted by atomic mass is 9.95. The third-order valence-electron chi connectivity index (χ3n) is 8.18. The van der Waals surface area contributed by atoms with Gasteiger partial charge in [-0.2, -0.15) is 0 Å². The molecule has 0 spiro atoms. The minimum absolute atomic E-state index is 0.0502. The van der Waals surface area contributed by atoms with Crippen LogP contribution in [0.1, 0.15) is 66.0 Å². The van der Waals surface area contributed by atoms with Crippen molar-refractivity contribution < 1.29 is 14.1 Å². The van der Waals surface area contributed by atoms with Gasteiger partial charge in [0.05, 0.1) is 23.0 Å². The first-order valence-electron chi connectivity index (χ1n) is 15.7. The van der Waals surface area contributed by atoms with Crippen molar-refractivity contribution in [3.05, 3.63) is 88.6 Å². The fourth-order valence-electron chi connectivity index (χ4n) is 5.96. The van der Waals surface area contributed by atoms with Crippen LogP contribution in [0.4, 0.5) is 0 Å². The maximum Gasteiger partial charge on any atom is 0.272 e. The van der Waals surface area contributed by atoms with Gasteiger partial charge in [0.2, 0.25) is 0 Å². The lowest BCUT2D eigenvalue weighted by Crippen LogP contribution is -2.48. The molecule has 8 nitrogen and oxygen atoms in total. The summed E-state index contributed by atoms with van der Waals surface area (Å²) in [7, 11) is 2.64. The van der Waals surface area contributed by atoms with Crippen molar-refractivity contribution in [1.29, 1.82) is 0 Å². The zero-order valence-electron chi connectivity index (χ0n) is 27.1. The molecule has 3 aromatic rings. The largest absolute Gasteiger partial charge is 0.396 e. The number of rotatable bonds is 8. The molecular formula is C36H45N5O3S. The highest BCUT2D eigenvalue weighted by Gasteiger charge is 2.40. The Morgan fingerprint density at radius 3 is 2.44 bits per heavy atom. The first-order valence-corrected chi connectivity index (χ1v) is 16.8. The molecule has 1 N–H and O–H groups in total. The van der Waals surface area contributed by atoms with E-state index >= 15 is 0 Å². The van der Waals surface area contributed by atoms with Crippen LogP contribution in [-0.2, 0) is 24.1 Å². The maximum absolute atomic E-state index is 14.0. The number of carbonyl (C=O) groups excluding carboxylic acids is 1. The van der Waals surface area contributed by atoms with Gasteiger partial charge < -0.3 is 10.0 Å². The van der Waals surface area contributed by atoms with Gasteiger partial charge in [-0.3, -0.25) is 14.6 Å². The van der Waals surface area contributed by atoms with Gasteiger partial charge in [0.1, 0.15) is 16.7 Å². The molecule has 1 aromatic heterocycles. The second-order valence-electron chi connectivity index (χ2n) is 13.1. The Labute approximate surface area is 270 Å². The van der Waals surface area contributed by atoms with Gasteiger partial charge in [0, 0.05) is 62.6 Å². The van der Waals surface area contributed by atoms with Crippen LogP contribution in [0.3, 0.4) is 0 Å². The van der Waals surface area contributed by atoms with Crippen LogP contribution in [0.2, 0.25) is 0 Å². The maximum atomic E-state index is 14.0. The van der Waals surface area contributed by atoms with Crippen LogP contribution < -0.4 is 0 Å². The topological polar surface area (TPSA) is 80.2 Å². The van der Waals surface area contributed by atoms with Crippen LogP contribution in [0.15, 0.2) is 60.7 Å². The van der Waals surface area contributed by atoms with Gasteiger partial charge >= 0.3 is 0 Å². The molecule has 1 amide bonds. The van der Waals surface area contributed by atoms with Crippen LogP contribution in [0.25, 0.3) is 11.3 Å². The second-order valence-corrected chi connectivity index (χ2v) is 15.3. The van der Waals surface area contributed by atoms with E-state index in [9.17, 15) is 14.1 Å². The predicted molar refractivity (Wildman–Crippen MR) is 181 cm³/mol. The second kappa shape index (κ2) is 14.4. The van der Waals surface area contributed by atoms with Gasteiger partial charge in [0.25, 0.3) is 5.91 Å². The summed E-state index contributed by atoms with van der Waals surface area (Å²) in [5, 5.41) is 10.1. The van der Waals surface area contributed by atoms with Gasteiger partial charge in [-0.25, -0.2) is 13.5 Å². The van der Waals surface area contributed by atoms with Crippen LogP contribution in [0.5, 0.6) is 0 Å². The lowest BCUT2D eigenvalue weighted by molar-refractivity contribution is 0.0622. The van der Waals surface area contributed by atoms with Gasteiger partial charge in [-0.1, -0.05) is 54.3 Å². The van der Waals surface area contributed by atoms with Crippen molar-refractivity contribution in [2.45, 2.75) is 51.1 Å². The molecule has 3 heterocycles. The van der Waals surface area contributed by atoms with Gasteiger partial charge in [-0.15, -0.1) is 0 Å². The SMILES string of the molecule is CN(C)CC#Cc1cccc(-c2nc(C(=O)N3CCN(Cc4ccccc4)CC3)cc3c2[C@@H](CCO)N([S@](=O)C(C)(C)C)C3)c1. The minimum Gasteiger partial charge on any atom is -0.396 e. The summed E-state index contributed by atoms with van der Waals surface area (Å²) >= 11 is 0. The normalized spacial score (nSPS) is 18.0. The Hall–Kier alpha value is -3.39. The number of hydrogen-bond donors (Lipinski definition) is 1. The number of benzene rings is 2. The Morgan fingerprint density at radius 2 is 1.78 bits per heavy atom. The molecule has 0 radical (unpaired) electrons. The van der Waals surface area contributed by atoms with Crippen molar-refractivity contribution in [3.8, 4) is 23.1 Å². The number of aliphatic hydroxyl groups excluding tert-OH is 1. The number of piperazine rings is 1. The first kappa shape index (κ1) is 33.0. The van der Waals surface area contributed by atoms with Crippen LogP contribution in [-0.4, -0.2) is 97.4 Å². The summed E-state index contributed by atoms with van der Waals surface area (Å²) in [6.07, 6.45) is 0.419. The standard InChI is InChI=1S/C36H45N5O3S/c1-36(2,3)45(44)41-26-30-24-31(35(43)40-20-18-39(19-21-40)25-28-11-7-6-8-12-28)37-34(33(30)32(41)16-22-42)29-15-9-13-27(23-29)14-10-17-38(4)5/h6-9,11-13,15,23-24,32,42H,16-22,25-26H2,1-5H3/t32-,45-/m1/s1. The predicted octanol–water partition coefficient (Wildman–Crippen LogP) is 4.32. The average Bonchev–Trinajstić information content (AvgIpc) is 3.38. The quantitative estimate of drug-likeness (QED) is 0.375. The van der Waals surface area contributed by atoms with E-state index in [1.807, 2.05) is 85.4 Å². The molecule has 5 rings (SSSR count). The molecule has 0 saturated carbocycles. The summed E-state index contributed by atoms with van der Waals surface area (Å²) < 4.78 is 15.2. The molecule has 0 bridgehead atoms. The molecule has 2 aliphatic rings. The number of aliphatic hydroxyl groups is 1. The van der Waals surface area contributed by atoms with Crippen molar-refractivity contribution in [2.75, 3.05) is 53.4 Å². The molecule has 2 atom stereocenters. The number of amides is 1. The molecular weight excluding hydrogens is 582 g/mol. The van der Waals surface area contributed by atoms with Crippen LogP contribution in [0, 0.1) is 11.8 Å². The molecule has 2 aromatic carbocycles. The van der Waals surface area contributed by atoms with E-state index in [0.717, 1.165) is 41.9 Å². The number of carbonyl (C=O) groups is 1. The zero-order valence-corrected chi connectivity index (χ0v) is 27.9. The zero-order chi connectivity index (χ0) is 32.1. The Morgan fingerprint density at radius 1 is 1.04 bits per heavy atom. The summed E-state index contributed by atoms with van der Waals surface area (Å²) in [4.78, 5) is 25.3. The number of hydrogen-bond acceptors (Lipinski definition) is 6. The van der Waals surface area contributed by atoms with Crippen LogP contribution >= 0.6 is 0 Å². The lowest BCUT2D eigenvalue weighted by Gasteiger charge is -2.34. The van der Waals surface area contributed by atoms with Crippen molar-refractivity contribution >= 4 is 16.9 Å². The summed E-state index contributed by atoms with van der Waals surface area (Å²) in [5.41, 5.74) is 5.96. The third kappa shape index (κ3) is 7.89. The average molecular weight is 628 g/mol. The summed E-state index contributed by atoms with van der Waals surface area (Å²) in [6.45, 7) is 10.6. The summed E-state index contributed by atoms with van der Waals surface area (Å²) in [5.74, 6) is 6.36. The van der Waals surface area contributed by atoms with Crippen molar-refractivity contribution in [1.82, 2.24) is 24.0 Å². The smallest absolute Gasteiger partial charge is 0.272 e. The van der Waals surface area contributed by atoms with Gasteiger partial charge in [0.15, 0.2) is 0 Å².